The molecule has 0 saturated carbocycles. The Morgan fingerprint density at radius 2 is 2.29 bits per heavy atom. The molecule has 0 aromatic carbocycles. The minimum absolute atomic E-state index is 0.215. The summed E-state index contributed by atoms with van der Waals surface area (Å²) in [6, 6.07) is 0. The van der Waals surface area contributed by atoms with Gasteiger partial charge in [-0.05, 0) is 13.8 Å². The van der Waals surface area contributed by atoms with Crippen molar-refractivity contribution < 1.29 is 14.3 Å². The molecular weight excluding hydrogens is 182 g/mol. The van der Waals surface area contributed by atoms with Crippen molar-refractivity contribution in [2.24, 2.45) is 0 Å². The van der Waals surface area contributed by atoms with Crippen molar-refractivity contribution in [3.63, 3.8) is 0 Å². The summed E-state index contributed by atoms with van der Waals surface area (Å²) in [4.78, 5) is 11.6. The summed E-state index contributed by atoms with van der Waals surface area (Å²) in [5.41, 5.74) is -0.641. The van der Waals surface area contributed by atoms with Crippen molar-refractivity contribution in [1.82, 2.24) is 5.32 Å². The fourth-order valence-corrected chi connectivity index (χ4v) is 1.06. The van der Waals surface area contributed by atoms with E-state index in [1.54, 1.807) is 13.8 Å². The molecule has 1 atom stereocenters. The monoisotopic (exact) mass is 197 g/mol. The van der Waals surface area contributed by atoms with Crippen LogP contribution in [0.4, 0.5) is 0 Å². The average Bonchev–Trinajstić information content (AvgIpc) is 2.19. The van der Waals surface area contributed by atoms with Gasteiger partial charge in [0, 0.05) is 0 Å². The van der Waals surface area contributed by atoms with Gasteiger partial charge < -0.3 is 14.8 Å². The Hall–Kier alpha value is -1.05. The predicted molar refractivity (Wildman–Crippen MR) is 51.6 cm³/mol. The lowest BCUT2D eigenvalue weighted by molar-refractivity contribution is -0.148. The van der Waals surface area contributed by atoms with Crippen molar-refractivity contribution in [2.45, 2.75) is 25.5 Å². The normalized spacial score (nSPS) is 22.5. The number of amides is 1. The van der Waals surface area contributed by atoms with Gasteiger partial charge in [-0.25, -0.2) is 0 Å². The molecule has 1 rings (SSSR count). The average molecular weight is 197 g/mol. The molecule has 4 nitrogen and oxygen atoms in total. The molecule has 0 aromatic rings. The molecule has 1 unspecified atom stereocenters. The molecule has 0 radical (unpaired) electrons. The second-order valence-corrected chi connectivity index (χ2v) is 3.69. The Balaban J connectivity index is 2.45. The maximum atomic E-state index is 11.6. The summed E-state index contributed by atoms with van der Waals surface area (Å²) in [6.07, 6.45) is 4.72. The van der Waals surface area contributed by atoms with Gasteiger partial charge in [-0.3, -0.25) is 4.79 Å². The van der Waals surface area contributed by atoms with Gasteiger partial charge >= 0.3 is 0 Å². The Morgan fingerprint density at radius 3 is 2.79 bits per heavy atom. The highest BCUT2D eigenvalue weighted by Gasteiger charge is 2.26. The molecule has 1 N–H and O–H groups in total. The number of ether oxygens (including phenoxy) is 2. The van der Waals surface area contributed by atoms with Gasteiger partial charge in [0.25, 0.3) is 5.91 Å². The van der Waals surface area contributed by atoms with Crippen molar-refractivity contribution in [2.75, 3.05) is 19.8 Å². The SMILES string of the molecule is C#CC(C)(C)NC(=O)C1COCCO1. The zero-order valence-electron chi connectivity index (χ0n) is 8.50. The quantitative estimate of drug-likeness (QED) is 0.630. The topological polar surface area (TPSA) is 47.6 Å². The zero-order valence-corrected chi connectivity index (χ0v) is 8.50. The summed E-state index contributed by atoms with van der Waals surface area (Å²) in [5.74, 6) is 2.27. The molecule has 1 saturated heterocycles. The van der Waals surface area contributed by atoms with Crippen LogP contribution >= 0.6 is 0 Å². The number of hydrogen-bond acceptors (Lipinski definition) is 3. The van der Waals surface area contributed by atoms with Crippen LogP contribution in [0.15, 0.2) is 0 Å². The third-order valence-electron chi connectivity index (χ3n) is 1.90. The Kier molecular flexibility index (Phi) is 3.50. The molecule has 0 bridgehead atoms. The molecule has 1 aliphatic rings. The number of nitrogens with one attached hydrogen (secondary N) is 1. The highest BCUT2D eigenvalue weighted by molar-refractivity contribution is 5.82. The Labute approximate surface area is 84.0 Å². The number of hydrogen-bond donors (Lipinski definition) is 1. The first kappa shape index (κ1) is 11.0. The maximum Gasteiger partial charge on any atom is 0.252 e. The van der Waals surface area contributed by atoms with Crippen LogP contribution in [0, 0.1) is 12.3 Å². The molecule has 1 amide bonds. The molecule has 0 spiro atoms. The van der Waals surface area contributed by atoms with Gasteiger partial charge in [-0.15, -0.1) is 6.42 Å². The zero-order chi connectivity index (χ0) is 10.6. The van der Waals surface area contributed by atoms with Crippen LogP contribution in [0.2, 0.25) is 0 Å². The first-order valence-corrected chi connectivity index (χ1v) is 4.54. The van der Waals surface area contributed by atoms with E-state index in [9.17, 15) is 4.79 Å². The van der Waals surface area contributed by atoms with Crippen LogP contribution in [-0.2, 0) is 14.3 Å². The molecule has 1 aliphatic heterocycles. The molecule has 1 fully saturated rings. The minimum Gasteiger partial charge on any atom is -0.376 e. The lowest BCUT2D eigenvalue weighted by Gasteiger charge is -2.26. The van der Waals surface area contributed by atoms with Crippen molar-refractivity contribution in [3.8, 4) is 12.3 Å². The van der Waals surface area contributed by atoms with Crippen LogP contribution in [0.25, 0.3) is 0 Å². The number of terminal acetylenes is 1. The van der Waals surface area contributed by atoms with Crippen molar-refractivity contribution in [1.29, 1.82) is 0 Å². The predicted octanol–water partition coefficient (Wildman–Crippen LogP) is -0.0702. The minimum atomic E-state index is -0.641. The van der Waals surface area contributed by atoms with Gasteiger partial charge in [-0.1, -0.05) is 5.92 Å². The molecular formula is C10H15NO3. The highest BCUT2D eigenvalue weighted by atomic mass is 16.6. The number of carbonyl (C=O) groups excluding carboxylic acids is 1. The van der Waals surface area contributed by atoms with E-state index < -0.39 is 11.6 Å². The van der Waals surface area contributed by atoms with Crippen molar-refractivity contribution in [3.05, 3.63) is 0 Å². The van der Waals surface area contributed by atoms with Gasteiger partial charge in [0.15, 0.2) is 6.10 Å². The lowest BCUT2D eigenvalue weighted by Crippen LogP contribution is -2.50. The Bertz CT molecular complexity index is 249. The van der Waals surface area contributed by atoms with Crippen LogP contribution in [-0.4, -0.2) is 37.4 Å². The fraction of sp³-hybridized carbons (Fsp3) is 0.700. The number of carbonyl (C=O) groups is 1. The Morgan fingerprint density at radius 1 is 1.57 bits per heavy atom. The van der Waals surface area contributed by atoms with Crippen LogP contribution in [0.1, 0.15) is 13.8 Å². The molecule has 0 aromatic heterocycles. The van der Waals surface area contributed by atoms with Crippen LogP contribution in [0.3, 0.4) is 0 Å². The number of rotatable bonds is 2. The smallest absolute Gasteiger partial charge is 0.252 e. The largest absolute Gasteiger partial charge is 0.376 e. The molecule has 0 aliphatic carbocycles. The van der Waals surface area contributed by atoms with Gasteiger partial charge in [0.1, 0.15) is 0 Å². The van der Waals surface area contributed by atoms with E-state index in [2.05, 4.69) is 11.2 Å². The summed E-state index contributed by atoms with van der Waals surface area (Å²) in [5, 5.41) is 2.70. The van der Waals surface area contributed by atoms with Crippen LogP contribution in [0.5, 0.6) is 0 Å². The fourth-order valence-electron chi connectivity index (χ4n) is 1.06. The standard InChI is InChI=1S/C10H15NO3/c1-4-10(2,3)11-9(12)8-7-13-5-6-14-8/h1,8H,5-7H2,2-3H3,(H,11,12). The summed E-state index contributed by atoms with van der Waals surface area (Å²) < 4.78 is 10.3. The summed E-state index contributed by atoms with van der Waals surface area (Å²) in [7, 11) is 0. The lowest BCUT2D eigenvalue weighted by atomic mass is 10.1. The second kappa shape index (κ2) is 4.45. The second-order valence-electron chi connectivity index (χ2n) is 3.69. The van der Waals surface area contributed by atoms with E-state index in [4.69, 9.17) is 15.9 Å². The summed E-state index contributed by atoms with van der Waals surface area (Å²) >= 11 is 0. The van der Waals surface area contributed by atoms with E-state index in [0.29, 0.717) is 19.8 Å². The van der Waals surface area contributed by atoms with Crippen molar-refractivity contribution >= 4 is 5.91 Å². The molecule has 14 heavy (non-hydrogen) atoms. The van der Waals surface area contributed by atoms with Gasteiger partial charge in [0.2, 0.25) is 0 Å². The molecule has 78 valence electrons. The van der Waals surface area contributed by atoms with E-state index in [1.165, 1.54) is 0 Å². The third-order valence-corrected chi connectivity index (χ3v) is 1.90. The third kappa shape index (κ3) is 3.02. The first-order chi connectivity index (χ1) is 6.55. The van der Waals surface area contributed by atoms with E-state index in [-0.39, 0.29) is 5.91 Å². The molecule has 1 heterocycles. The first-order valence-electron chi connectivity index (χ1n) is 4.54. The molecule has 4 heteroatoms. The van der Waals surface area contributed by atoms with Gasteiger partial charge in [0.05, 0.1) is 25.4 Å². The van der Waals surface area contributed by atoms with E-state index in [0.717, 1.165) is 0 Å². The van der Waals surface area contributed by atoms with Gasteiger partial charge in [-0.2, -0.15) is 0 Å². The van der Waals surface area contributed by atoms with Crippen LogP contribution < -0.4 is 5.32 Å². The highest BCUT2D eigenvalue weighted by Crippen LogP contribution is 2.04. The van der Waals surface area contributed by atoms with E-state index in [1.807, 2.05) is 0 Å². The van der Waals surface area contributed by atoms with E-state index >= 15 is 0 Å². The summed E-state index contributed by atoms with van der Waals surface area (Å²) in [6.45, 7) is 4.81. The maximum absolute atomic E-state index is 11.6.